The first-order chi connectivity index (χ1) is 12.2. The lowest BCUT2D eigenvalue weighted by molar-refractivity contribution is 0.784. The van der Waals surface area contributed by atoms with Gasteiger partial charge in [0.25, 0.3) is 0 Å². The Kier molecular flexibility index (Phi) is 4.15. The third-order valence-corrected chi connectivity index (χ3v) is 4.90. The molecular formula is C18H18N6S. The predicted octanol–water partition coefficient (Wildman–Crippen LogP) is 3.53. The molecule has 4 aromatic heterocycles. The summed E-state index contributed by atoms with van der Waals surface area (Å²) in [5.41, 5.74) is 1.75. The number of nitrogens with zero attached hydrogens (tertiary/aromatic N) is 5. The minimum Gasteiger partial charge on any atom is -0.367 e. The van der Waals surface area contributed by atoms with Crippen LogP contribution in [0.25, 0.3) is 22.4 Å². The van der Waals surface area contributed by atoms with E-state index < -0.39 is 0 Å². The third-order valence-electron chi connectivity index (χ3n) is 4.00. The van der Waals surface area contributed by atoms with Gasteiger partial charge < -0.3 is 5.32 Å². The second kappa shape index (κ2) is 6.60. The highest BCUT2D eigenvalue weighted by atomic mass is 32.1. The van der Waals surface area contributed by atoms with E-state index in [0.29, 0.717) is 5.82 Å². The molecule has 4 rings (SSSR count). The minimum atomic E-state index is 0.252. The largest absolute Gasteiger partial charge is 0.367 e. The summed E-state index contributed by atoms with van der Waals surface area (Å²) in [5.74, 6) is 1.48. The molecule has 4 heterocycles. The number of hydrogen-bond donors (Lipinski definition) is 1. The molecule has 0 unspecified atom stereocenters. The first-order valence-electron chi connectivity index (χ1n) is 8.10. The number of fused-ring (bicyclic) bond motifs is 1. The smallest absolute Gasteiger partial charge is 0.164 e. The van der Waals surface area contributed by atoms with Crippen LogP contribution in [0.1, 0.15) is 11.8 Å². The van der Waals surface area contributed by atoms with Crippen molar-refractivity contribution < 1.29 is 0 Å². The Balaban J connectivity index is 1.71. The Morgan fingerprint density at radius 2 is 2.04 bits per heavy atom. The van der Waals surface area contributed by atoms with Gasteiger partial charge in [-0.1, -0.05) is 6.07 Å². The van der Waals surface area contributed by atoms with Crippen LogP contribution in [-0.2, 0) is 13.5 Å². The highest BCUT2D eigenvalue weighted by molar-refractivity contribution is 7.09. The Hall–Kier alpha value is -2.80. The zero-order chi connectivity index (χ0) is 17.2. The van der Waals surface area contributed by atoms with Crippen molar-refractivity contribution in [3.63, 3.8) is 0 Å². The Morgan fingerprint density at radius 1 is 1.20 bits per heavy atom. The van der Waals surface area contributed by atoms with Crippen LogP contribution >= 0.6 is 11.3 Å². The van der Waals surface area contributed by atoms with Gasteiger partial charge in [-0.3, -0.25) is 9.67 Å². The Morgan fingerprint density at radius 3 is 2.80 bits per heavy atom. The minimum absolute atomic E-state index is 0.252. The topological polar surface area (TPSA) is 68.5 Å². The molecule has 0 aliphatic carbocycles. The number of nitrogens with one attached hydrogen (secondary N) is 1. The van der Waals surface area contributed by atoms with E-state index in [9.17, 15) is 0 Å². The molecular weight excluding hydrogens is 332 g/mol. The molecule has 0 spiro atoms. The number of rotatable bonds is 5. The Bertz CT molecular complexity index is 978. The van der Waals surface area contributed by atoms with E-state index in [1.807, 2.05) is 25.4 Å². The van der Waals surface area contributed by atoms with Crippen LogP contribution < -0.4 is 5.32 Å². The van der Waals surface area contributed by atoms with Gasteiger partial charge in [-0.15, -0.1) is 11.3 Å². The molecule has 0 radical (unpaired) electrons. The molecule has 0 saturated heterocycles. The van der Waals surface area contributed by atoms with E-state index in [1.165, 1.54) is 4.88 Å². The van der Waals surface area contributed by atoms with E-state index in [1.54, 1.807) is 28.4 Å². The van der Waals surface area contributed by atoms with E-state index in [4.69, 9.17) is 4.98 Å². The zero-order valence-electron chi connectivity index (χ0n) is 14.0. The maximum atomic E-state index is 4.75. The second-order valence-corrected chi connectivity index (χ2v) is 7.00. The van der Waals surface area contributed by atoms with Gasteiger partial charge in [0.05, 0.1) is 11.6 Å². The van der Waals surface area contributed by atoms with Gasteiger partial charge in [-0.2, -0.15) is 5.10 Å². The second-order valence-electron chi connectivity index (χ2n) is 5.97. The number of hydrogen-bond acceptors (Lipinski definition) is 6. The summed E-state index contributed by atoms with van der Waals surface area (Å²) >= 11 is 1.77. The summed E-state index contributed by atoms with van der Waals surface area (Å²) in [4.78, 5) is 14.8. The van der Waals surface area contributed by atoms with Gasteiger partial charge in [0.15, 0.2) is 11.5 Å². The van der Waals surface area contributed by atoms with E-state index >= 15 is 0 Å². The monoisotopic (exact) mass is 350 g/mol. The van der Waals surface area contributed by atoms with Crippen molar-refractivity contribution in [2.75, 3.05) is 5.32 Å². The van der Waals surface area contributed by atoms with Crippen LogP contribution in [-0.4, -0.2) is 30.8 Å². The van der Waals surface area contributed by atoms with Crippen molar-refractivity contribution in [1.82, 2.24) is 24.7 Å². The number of thiophene rings is 1. The van der Waals surface area contributed by atoms with Crippen LogP contribution in [0.3, 0.4) is 0 Å². The molecule has 6 nitrogen and oxygen atoms in total. The van der Waals surface area contributed by atoms with Gasteiger partial charge in [-0.25, -0.2) is 9.97 Å². The normalized spacial score (nSPS) is 12.4. The van der Waals surface area contributed by atoms with Gasteiger partial charge in [0.2, 0.25) is 0 Å². The molecule has 0 fully saturated rings. The van der Waals surface area contributed by atoms with Crippen LogP contribution in [0, 0.1) is 0 Å². The highest BCUT2D eigenvalue weighted by Gasteiger charge is 2.15. The van der Waals surface area contributed by atoms with Crippen LogP contribution in [0.5, 0.6) is 0 Å². The van der Waals surface area contributed by atoms with Crippen molar-refractivity contribution in [3.05, 3.63) is 53.1 Å². The van der Waals surface area contributed by atoms with Crippen molar-refractivity contribution in [3.8, 4) is 11.4 Å². The zero-order valence-corrected chi connectivity index (χ0v) is 14.9. The molecule has 0 aliphatic rings. The molecule has 0 aromatic carbocycles. The molecule has 0 saturated carbocycles. The molecule has 25 heavy (non-hydrogen) atoms. The number of anilines is 1. The quantitative estimate of drug-likeness (QED) is 0.596. The fourth-order valence-electron chi connectivity index (χ4n) is 2.78. The van der Waals surface area contributed by atoms with Crippen molar-refractivity contribution in [2.24, 2.45) is 7.05 Å². The molecule has 0 bridgehead atoms. The summed E-state index contributed by atoms with van der Waals surface area (Å²) in [6, 6.07) is 8.32. The highest BCUT2D eigenvalue weighted by Crippen LogP contribution is 2.25. The fourth-order valence-corrected chi connectivity index (χ4v) is 3.61. The summed E-state index contributed by atoms with van der Waals surface area (Å²) in [6.45, 7) is 2.16. The molecule has 1 N–H and O–H groups in total. The van der Waals surface area contributed by atoms with Gasteiger partial charge >= 0.3 is 0 Å². The molecule has 7 heteroatoms. The average molecular weight is 350 g/mol. The first-order valence-corrected chi connectivity index (χ1v) is 8.98. The first kappa shape index (κ1) is 15.7. The van der Waals surface area contributed by atoms with Crippen LogP contribution in [0.4, 0.5) is 5.82 Å². The fraction of sp³-hybridized carbons (Fsp3) is 0.222. The molecule has 126 valence electrons. The summed E-state index contributed by atoms with van der Waals surface area (Å²) < 4.78 is 1.77. The van der Waals surface area contributed by atoms with E-state index in [-0.39, 0.29) is 6.04 Å². The number of aromatic nitrogens is 5. The Labute approximate surface area is 149 Å². The number of pyridine rings is 1. The van der Waals surface area contributed by atoms with Gasteiger partial charge in [0, 0.05) is 42.3 Å². The van der Waals surface area contributed by atoms with E-state index in [0.717, 1.165) is 28.8 Å². The predicted molar refractivity (Wildman–Crippen MR) is 101 cm³/mol. The third kappa shape index (κ3) is 3.23. The lowest BCUT2D eigenvalue weighted by Crippen LogP contribution is -2.19. The average Bonchev–Trinajstić information content (AvgIpc) is 3.26. The van der Waals surface area contributed by atoms with Crippen molar-refractivity contribution in [2.45, 2.75) is 19.4 Å². The molecule has 0 aliphatic heterocycles. The molecule has 4 aromatic rings. The van der Waals surface area contributed by atoms with Crippen molar-refractivity contribution in [1.29, 1.82) is 0 Å². The summed E-state index contributed by atoms with van der Waals surface area (Å²) in [6.07, 6.45) is 6.26. The summed E-state index contributed by atoms with van der Waals surface area (Å²) in [7, 11) is 1.89. The van der Waals surface area contributed by atoms with Crippen LogP contribution in [0.2, 0.25) is 0 Å². The van der Waals surface area contributed by atoms with Gasteiger partial charge in [-0.05, 0) is 30.5 Å². The van der Waals surface area contributed by atoms with E-state index in [2.05, 4.69) is 44.8 Å². The maximum Gasteiger partial charge on any atom is 0.164 e. The standard InChI is InChI=1S/C18H18N6S/c1-12(10-14-4-3-9-25-14)21-17-15-11-20-24(2)18(15)23-16(22-17)13-5-7-19-8-6-13/h3-9,11-12H,10H2,1-2H3,(H,21,22,23)/t12-/m1/s1. The maximum absolute atomic E-state index is 4.75. The lowest BCUT2D eigenvalue weighted by atomic mass is 10.2. The molecule has 0 amide bonds. The molecule has 1 atom stereocenters. The van der Waals surface area contributed by atoms with Gasteiger partial charge in [0.1, 0.15) is 5.82 Å². The van der Waals surface area contributed by atoms with Crippen molar-refractivity contribution >= 4 is 28.2 Å². The summed E-state index contributed by atoms with van der Waals surface area (Å²) in [5, 5.41) is 10.9. The SMILES string of the molecule is C[C@H](Cc1cccs1)Nc1nc(-c2ccncc2)nc2c1cnn2C. The number of aryl methyl sites for hydroxylation is 1. The van der Waals surface area contributed by atoms with Crippen LogP contribution in [0.15, 0.2) is 48.2 Å². The lowest BCUT2D eigenvalue weighted by Gasteiger charge is -2.15.